The van der Waals surface area contributed by atoms with E-state index in [1.165, 1.54) is 24.3 Å². The van der Waals surface area contributed by atoms with Gasteiger partial charge in [0.2, 0.25) is 0 Å². The molecular formula is C13H8ClFO2. The largest absolute Gasteiger partial charge is 0.478 e. The standard InChI is InChI=1S/C13H8ClFO2/c14-11-5-4-9(7-12(11)15)8-2-1-3-10(6-8)13(16)17/h1-7H,(H,16,17). The lowest BCUT2D eigenvalue weighted by molar-refractivity contribution is 0.0697. The summed E-state index contributed by atoms with van der Waals surface area (Å²) in [6, 6.07) is 10.7. The summed E-state index contributed by atoms with van der Waals surface area (Å²) in [4.78, 5) is 10.8. The predicted molar refractivity (Wildman–Crippen MR) is 63.8 cm³/mol. The molecule has 0 aliphatic rings. The molecule has 0 heterocycles. The maximum absolute atomic E-state index is 13.3. The second-order valence-corrected chi connectivity index (χ2v) is 3.92. The zero-order chi connectivity index (χ0) is 12.4. The average Bonchev–Trinajstić information content (AvgIpc) is 2.33. The summed E-state index contributed by atoms with van der Waals surface area (Å²) in [6.07, 6.45) is 0. The average molecular weight is 251 g/mol. The molecule has 2 aromatic carbocycles. The molecular weight excluding hydrogens is 243 g/mol. The van der Waals surface area contributed by atoms with Crippen molar-refractivity contribution in [3.8, 4) is 11.1 Å². The smallest absolute Gasteiger partial charge is 0.335 e. The van der Waals surface area contributed by atoms with Crippen molar-refractivity contribution in [1.29, 1.82) is 0 Å². The lowest BCUT2D eigenvalue weighted by atomic mass is 10.0. The lowest BCUT2D eigenvalue weighted by Crippen LogP contribution is -1.95. The minimum absolute atomic E-state index is 0.0446. The Kier molecular flexibility index (Phi) is 3.11. The van der Waals surface area contributed by atoms with E-state index in [1.54, 1.807) is 18.2 Å². The van der Waals surface area contributed by atoms with Crippen LogP contribution < -0.4 is 0 Å². The second kappa shape index (κ2) is 4.55. The molecule has 0 fully saturated rings. The molecule has 0 aliphatic carbocycles. The van der Waals surface area contributed by atoms with Crippen molar-refractivity contribution >= 4 is 17.6 Å². The molecule has 86 valence electrons. The molecule has 0 aliphatic heterocycles. The minimum atomic E-state index is -1.01. The van der Waals surface area contributed by atoms with E-state index in [4.69, 9.17) is 16.7 Å². The van der Waals surface area contributed by atoms with Gasteiger partial charge < -0.3 is 5.11 Å². The molecule has 17 heavy (non-hydrogen) atoms. The van der Waals surface area contributed by atoms with Gasteiger partial charge in [-0.05, 0) is 35.4 Å². The van der Waals surface area contributed by atoms with Crippen molar-refractivity contribution in [3.05, 3.63) is 58.9 Å². The molecule has 0 spiro atoms. The Hall–Kier alpha value is -1.87. The van der Waals surface area contributed by atoms with Gasteiger partial charge in [0.1, 0.15) is 5.82 Å². The Morgan fingerprint density at radius 1 is 1.12 bits per heavy atom. The van der Waals surface area contributed by atoms with Gasteiger partial charge in [-0.2, -0.15) is 0 Å². The Balaban J connectivity index is 2.49. The summed E-state index contributed by atoms with van der Waals surface area (Å²) in [6.45, 7) is 0. The van der Waals surface area contributed by atoms with Gasteiger partial charge in [0, 0.05) is 0 Å². The highest BCUT2D eigenvalue weighted by Gasteiger charge is 2.06. The van der Waals surface area contributed by atoms with Gasteiger partial charge >= 0.3 is 5.97 Å². The highest BCUT2D eigenvalue weighted by Crippen LogP contribution is 2.24. The van der Waals surface area contributed by atoms with Crippen LogP contribution in [0.1, 0.15) is 10.4 Å². The highest BCUT2D eigenvalue weighted by atomic mass is 35.5. The normalized spacial score (nSPS) is 10.2. The van der Waals surface area contributed by atoms with E-state index >= 15 is 0 Å². The third-order valence-corrected chi connectivity index (χ3v) is 2.67. The van der Waals surface area contributed by atoms with Crippen LogP contribution in [-0.4, -0.2) is 11.1 Å². The van der Waals surface area contributed by atoms with E-state index in [0.29, 0.717) is 11.1 Å². The fourth-order valence-electron chi connectivity index (χ4n) is 1.51. The van der Waals surface area contributed by atoms with Crippen LogP contribution in [0.4, 0.5) is 4.39 Å². The fourth-order valence-corrected chi connectivity index (χ4v) is 1.63. The number of aromatic carboxylic acids is 1. The number of halogens is 2. The number of hydrogen-bond donors (Lipinski definition) is 1. The Morgan fingerprint density at radius 3 is 2.47 bits per heavy atom. The summed E-state index contributed by atoms with van der Waals surface area (Å²) in [5, 5.41) is 8.90. The SMILES string of the molecule is O=C(O)c1cccc(-c2ccc(Cl)c(F)c2)c1. The van der Waals surface area contributed by atoms with E-state index in [9.17, 15) is 9.18 Å². The third kappa shape index (κ3) is 2.45. The molecule has 1 N–H and O–H groups in total. The number of carboxylic acids is 1. The van der Waals surface area contributed by atoms with Crippen LogP contribution in [0.3, 0.4) is 0 Å². The van der Waals surface area contributed by atoms with Crippen molar-refractivity contribution in [1.82, 2.24) is 0 Å². The highest BCUT2D eigenvalue weighted by molar-refractivity contribution is 6.30. The van der Waals surface area contributed by atoms with E-state index in [2.05, 4.69) is 0 Å². The quantitative estimate of drug-likeness (QED) is 0.879. The zero-order valence-electron chi connectivity index (χ0n) is 8.65. The fraction of sp³-hybridized carbons (Fsp3) is 0. The van der Waals surface area contributed by atoms with Crippen LogP contribution in [-0.2, 0) is 0 Å². The summed E-state index contributed by atoms with van der Waals surface area (Å²) in [7, 11) is 0. The molecule has 0 radical (unpaired) electrons. The third-order valence-electron chi connectivity index (χ3n) is 2.36. The van der Waals surface area contributed by atoms with E-state index < -0.39 is 11.8 Å². The van der Waals surface area contributed by atoms with Crippen molar-refractivity contribution in [2.75, 3.05) is 0 Å². The first kappa shape index (κ1) is 11.6. The molecule has 0 bridgehead atoms. The topological polar surface area (TPSA) is 37.3 Å². The summed E-state index contributed by atoms with van der Waals surface area (Å²) in [5.41, 5.74) is 1.40. The molecule has 2 aromatic rings. The maximum atomic E-state index is 13.3. The summed E-state index contributed by atoms with van der Waals surface area (Å²) >= 11 is 5.58. The number of rotatable bonds is 2. The lowest BCUT2D eigenvalue weighted by Gasteiger charge is -2.04. The van der Waals surface area contributed by atoms with Gasteiger partial charge in [0.05, 0.1) is 10.6 Å². The van der Waals surface area contributed by atoms with Gasteiger partial charge in [0.15, 0.2) is 0 Å². The van der Waals surface area contributed by atoms with Gasteiger partial charge in [-0.15, -0.1) is 0 Å². The summed E-state index contributed by atoms with van der Waals surface area (Å²) in [5.74, 6) is -1.54. The molecule has 0 saturated heterocycles. The minimum Gasteiger partial charge on any atom is -0.478 e. The van der Waals surface area contributed by atoms with Crippen LogP contribution in [0.5, 0.6) is 0 Å². The number of benzene rings is 2. The maximum Gasteiger partial charge on any atom is 0.335 e. The van der Waals surface area contributed by atoms with Crippen LogP contribution >= 0.6 is 11.6 Å². The van der Waals surface area contributed by atoms with Crippen molar-refractivity contribution in [2.24, 2.45) is 0 Å². The first-order chi connectivity index (χ1) is 8.08. The Bertz CT molecular complexity index is 581. The first-order valence-electron chi connectivity index (χ1n) is 4.87. The van der Waals surface area contributed by atoms with Crippen LogP contribution in [0.15, 0.2) is 42.5 Å². The van der Waals surface area contributed by atoms with E-state index in [1.807, 2.05) is 0 Å². The predicted octanol–water partition coefficient (Wildman–Crippen LogP) is 3.84. The zero-order valence-corrected chi connectivity index (χ0v) is 9.41. The molecule has 0 saturated carbocycles. The molecule has 2 nitrogen and oxygen atoms in total. The summed E-state index contributed by atoms with van der Waals surface area (Å²) < 4.78 is 13.3. The second-order valence-electron chi connectivity index (χ2n) is 3.51. The number of carbonyl (C=O) groups is 1. The number of hydrogen-bond acceptors (Lipinski definition) is 1. The van der Waals surface area contributed by atoms with Gasteiger partial charge in [0.25, 0.3) is 0 Å². The number of carboxylic acid groups (broad SMARTS) is 1. The van der Waals surface area contributed by atoms with Crippen LogP contribution in [0.25, 0.3) is 11.1 Å². The molecule has 0 amide bonds. The van der Waals surface area contributed by atoms with Crippen molar-refractivity contribution in [3.63, 3.8) is 0 Å². The Labute approximate surface area is 102 Å². The molecule has 0 aromatic heterocycles. The van der Waals surface area contributed by atoms with Crippen molar-refractivity contribution in [2.45, 2.75) is 0 Å². The molecule has 0 unspecified atom stereocenters. The van der Waals surface area contributed by atoms with E-state index in [0.717, 1.165) is 0 Å². The molecule has 0 atom stereocenters. The first-order valence-corrected chi connectivity index (χ1v) is 5.24. The van der Waals surface area contributed by atoms with Crippen LogP contribution in [0.2, 0.25) is 5.02 Å². The van der Waals surface area contributed by atoms with Gasteiger partial charge in [-0.1, -0.05) is 29.8 Å². The molecule has 2 rings (SSSR count). The van der Waals surface area contributed by atoms with E-state index in [-0.39, 0.29) is 10.6 Å². The monoisotopic (exact) mass is 250 g/mol. The van der Waals surface area contributed by atoms with Gasteiger partial charge in [-0.25, -0.2) is 9.18 Å². The van der Waals surface area contributed by atoms with Crippen molar-refractivity contribution < 1.29 is 14.3 Å². The molecule has 4 heteroatoms. The van der Waals surface area contributed by atoms with Crippen LogP contribution in [0, 0.1) is 5.82 Å². The Morgan fingerprint density at radius 2 is 1.82 bits per heavy atom. The van der Waals surface area contributed by atoms with Gasteiger partial charge in [-0.3, -0.25) is 0 Å².